The first-order valence-corrected chi connectivity index (χ1v) is 7.22. The number of halogens is 3. The summed E-state index contributed by atoms with van der Waals surface area (Å²) in [6, 6.07) is 0. The van der Waals surface area contributed by atoms with E-state index < -0.39 is 22.5 Å². The zero-order chi connectivity index (χ0) is 7.49. The van der Waals surface area contributed by atoms with Gasteiger partial charge in [0.25, 0.3) is 0 Å². The molecule has 0 aromatic rings. The molecule has 0 heterocycles. The van der Waals surface area contributed by atoms with Gasteiger partial charge in [0.15, 0.2) is 0 Å². The summed E-state index contributed by atoms with van der Waals surface area (Å²) in [6.07, 6.45) is 0. The summed E-state index contributed by atoms with van der Waals surface area (Å²) in [5.74, 6) is -0.421. The first-order valence-electron chi connectivity index (χ1n) is 1.88. The van der Waals surface area contributed by atoms with Crippen LogP contribution >= 0.6 is 30.3 Å². The maximum absolute atomic E-state index is 10.4. The van der Waals surface area contributed by atoms with Gasteiger partial charge in [0, 0.05) is 0 Å². The van der Waals surface area contributed by atoms with Gasteiger partial charge in [-0.1, -0.05) is 0 Å². The molecule has 0 aliphatic rings. The van der Waals surface area contributed by atoms with Crippen LogP contribution in [0, 0.1) is 0 Å². The predicted molar refractivity (Wildman–Crippen MR) is 34.5 cm³/mol. The van der Waals surface area contributed by atoms with Crippen molar-refractivity contribution in [2.75, 3.05) is 6.61 Å². The van der Waals surface area contributed by atoms with E-state index in [4.69, 9.17) is 35.4 Å². The van der Waals surface area contributed by atoms with Gasteiger partial charge < -0.3 is 0 Å². The van der Waals surface area contributed by atoms with E-state index in [1.54, 1.807) is 0 Å². The fourth-order valence-corrected chi connectivity index (χ4v) is 2.12. The molecule has 0 amide bonds. The molecular weight excluding hydrogens is 230 g/mol. The van der Waals surface area contributed by atoms with Crippen LogP contribution in [0.15, 0.2) is 0 Å². The Morgan fingerprint density at radius 2 is 1.89 bits per heavy atom. The van der Waals surface area contributed by atoms with E-state index >= 15 is 0 Å². The molecule has 0 unspecified atom stereocenters. The number of carbonyl (C=O) groups excluding carboxylic acids is 1. The molecule has 9 heavy (non-hydrogen) atoms. The van der Waals surface area contributed by atoms with Gasteiger partial charge >= 0.3 is 68.0 Å². The van der Waals surface area contributed by atoms with E-state index in [2.05, 4.69) is 0 Å². The van der Waals surface area contributed by atoms with Crippen LogP contribution in [0.25, 0.3) is 0 Å². The van der Waals surface area contributed by atoms with Crippen molar-refractivity contribution in [3.8, 4) is 0 Å². The molecule has 2 nitrogen and oxygen atoms in total. The van der Waals surface area contributed by atoms with Crippen molar-refractivity contribution in [2.24, 2.45) is 0 Å². The molecule has 0 aliphatic carbocycles. The monoisotopic (exact) mass is 234 g/mol. The van der Waals surface area contributed by atoms with Crippen LogP contribution in [-0.2, 0) is 14.9 Å². The van der Waals surface area contributed by atoms with E-state index in [1.165, 1.54) is 0 Å². The van der Waals surface area contributed by atoms with Gasteiger partial charge in [-0.2, -0.15) is 0 Å². The van der Waals surface area contributed by atoms with Crippen molar-refractivity contribution in [2.45, 2.75) is 5.32 Å². The van der Waals surface area contributed by atoms with Gasteiger partial charge in [0.1, 0.15) is 0 Å². The average Bonchev–Trinajstić information content (AvgIpc) is 1.62. The summed E-state index contributed by atoms with van der Waals surface area (Å²) in [5, 5.41) is 8.08. The minimum absolute atomic E-state index is 0.117. The van der Waals surface area contributed by atoms with E-state index in [-0.39, 0.29) is 5.32 Å². The van der Waals surface area contributed by atoms with Crippen molar-refractivity contribution in [1.29, 1.82) is 0 Å². The van der Waals surface area contributed by atoms with Gasteiger partial charge in [-0.05, 0) is 0 Å². The van der Waals surface area contributed by atoms with E-state index in [1.807, 2.05) is 0 Å². The molecule has 0 saturated carbocycles. The molecule has 58 valence electrons. The van der Waals surface area contributed by atoms with Crippen LogP contribution < -0.4 is 0 Å². The topological polar surface area (TPSA) is 37.3 Å². The molecule has 0 fully saturated rings. The van der Waals surface area contributed by atoms with Crippen molar-refractivity contribution in [3.63, 3.8) is 0 Å². The number of hydrogen-bond donors (Lipinski definition) is 1. The summed E-state index contributed by atoms with van der Waals surface area (Å²) in [6.45, 7) is -0.544. The third kappa shape index (κ3) is 6.91. The Bertz CT molecular complexity index is 110. The van der Waals surface area contributed by atoms with E-state index in [9.17, 15) is 4.79 Å². The second-order valence-electron chi connectivity index (χ2n) is 1.26. The molecule has 0 aromatic heterocycles. The Morgan fingerprint density at radius 3 is 2.00 bits per heavy atom. The standard InChI is InChI=1S/C3H5O2.3ClH.Fe/c1-3(5)2-4;;;;/h4H,1-2H2;3*1H;/q;;;;+3/p-3. The molecule has 0 radical (unpaired) electrons. The van der Waals surface area contributed by atoms with Crippen LogP contribution in [-0.4, -0.2) is 17.5 Å². The number of rotatable bonds is 3. The predicted octanol–water partition coefficient (Wildman–Crippen LogP) is 1.58. The molecule has 0 atom stereocenters. The van der Waals surface area contributed by atoms with Crippen LogP contribution in [0.4, 0.5) is 0 Å². The van der Waals surface area contributed by atoms with Gasteiger partial charge in [-0.15, -0.1) is 0 Å². The molecule has 0 aliphatic heterocycles. The fraction of sp³-hybridized carbons (Fsp3) is 0.667. The quantitative estimate of drug-likeness (QED) is 0.754. The van der Waals surface area contributed by atoms with Gasteiger partial charge in [-0.25, -0.2) is 0 Å². The first-order chi connectivity index (χ1) is 3.95. The molecule has 0 spiro atoms. The molecule has 0 aromatic carbocycles. The number of Topliss-reactive ketones (excluding diaryl/α,β-unsaturated/α-hetero) is 1. The second-order valence-corrected chi connectivity index (χ2v) is 10.3. The third-order valence-corrected chi connectivity index (χ3v) is 2.50. The number of aliphatic hydroxyl groups is 1. The maximum atomic E-state index is 10.4. The molecule has 0 bridgehead atoms. The van der Waals surface area contributed by atoms with Crippen molar-refractivity contribution in [3.05, 3.63) is 0 Å². The Labute approximate surface area is 68.0 Å². The summed E-state index contributed by atoms with van der Waals surface area (Å²) in [5.41, 5.74) is 0. The van der Waals surface area contributed by atoms with Crippen LogP contribution in [0.3, 0.4) is 0 Å². The summed E-state index contributed by atoms with van der Waals surface area (Å²) >= 11 is 0. The zero-order valence-electron chi connectivity index (χ0n) is 4.26. The number of aliphatic hydroxyl groups excluding tert-OH is 1. The zero-order valence-corrected chi connectivity index (χ0v) is 7.63. The van der Waals surface area contributed by atoms with Crippen LogP contribution in [0.2, 0.25) is 5.32 Å². The van der Waals surface area contributed by atoms with Gasteiger partial charge in [0.2, 0.25) is 0 Å². The number of hydrogen-bond acceptors (Lipinski definition) is 2. The Morgan fingerprint density at radius 1 is 1.44 bits per heavy atom. The summed E-state index contributed by atoms with van der Waals surface area (Å²) in [4.78, 5) is 10.4. The van der Waals surface area contributed by atoms with Gasteiger partial charge in [-0.3, -0.25) is 0 Å². The Balaban J connectivity index is 3.60. The molecule has 6 heteroatoms. The molecular formula is C3H5Cl3FeO2. The number of ketones is 1. The second kappa shape index (κ2) is 4.02. The third-order valence-electron chi connectivity index (χ3n) is 0.458. The van der Waals surface area contributed by atoms with Crippen molar-refractivity contribution >= 4 is 36.1 Å². The Hall–Kier alpha value is 1.02. The van der Waals surface area contributed by atoms with E-state index in [0.717, 1.165) is 0 Å². The minimum atomic E-state index is -2.71. The molecule has 1 N–H and O–H groups in total. The first kappa shape index (κ1) is 10.0. The van der Waals surface area contributed by atoms with Crippen LogP contribution in [0.5, 0.6) is 0 Å². The average molecular weight is 235 g/mol. The SMILES string of the molecule is O=C(CO)[CH2][Fe]([Cl])([Cl])[Cl]. The fourth-order valence-electron chi connectivity index (χ4n) is 0.198. The van der Waals surface area contributed by atoms with Crippen LogP contribution in [0.1, 0.15) is 0 Å². The van der Waals surface area contributed by atoms with Gasteiger partial charge in [0.05, 0.1) is 0 Å². The van der Waals surface area contributed by atoms with Crippen molar-refractivity contribution in [1.82, 2.24) is 0 Å². The normalized spacial score (nSPS) is 13.3. The Kier molecular flexibility index (Phi) is 4.47. The summed E-state index contributed by atoms with van der Waals surface area (Å²) in [7, 11) is 13.3. The number of carbonyl (C=O) groups is 1. The molecule has 0 saturated heterocycles. The van der Waals surface area contributed by atoms with Crippen molar-refractivity contribution < 1.29 is 20.0 Å². The summed E-state index contributed by atoms with van der Waals surface area (Å²) < 4.78 is 0. The van der Waals surface area contributed by atoms with E-state index in [0.29, 0.717) is 0 Å². The molecule has 0 rings (SSSR count).